The van der Waals surface area contributed by atoms with Crippen molar-refractivity contribution in [2.24, 2.45) is 5.41 Å². The van der Waals surface area contributed by atoms with Gasteiger partial charge in [-0.3, -0.25) is 4.79 Å². The minimum atomic E-state index is -0.454. The third-order valence-corrected chi connectivity index (χ3v) is 3.21. The van der Waals surface area contributed by atoms with Gasteiger partial charge in [-0.1, -0.05) is 26.8 Å². The number of ether oxygens (including phenoxy) is 2. The number of benzene rings is 1. The lowest BCUT2D eigenvalue weighted by Crippen LogP contribution is -2.27. The molecule has 0 fully saturated rings. The Labute approximate surface area is 136 Å². The molecular weight excluding hydrogens is 292 g/mol. The maximum absolute atomic E-state index is 11.9. The van der Waals surface area contributed by atoms with Gasteiger partial charge in [0.25, 0.3) is 0 Å². The third-order valence-electron chi connectivity index (χ3n) is 3.21. The number of amides is 1. The highest BCUT2D eigenvalue weighted by molar-refractivity contribution is 5.94. The number of methoxy groups -OCH3 is 1. The third kappa shape index (κ3) is 4.45. The summed E-state index contributed by atoms with van der Waals surface area (Å²) in [5.41, 5.74) is 1.26. The van der Waals surface area contributed by atoms with E-state index in [9.17, 15) is 4.79 Å². The first-order valence-electron chi connectivity index (χ1n) is 7.39. The molecule has 1 aromatic carbocycles. The van der Waals surface area contributed by atoms with Crippen molar-refractivity contribution in [1.82, 2.24) is 4.98 Å². The number of rotatable bonds is 4. The van der Waals surface area contributed by atoms with Gasteiger partial charge in [0.1, 0.15) is 0 Å². The molecule has 0 saturated carbocycles. The second-order valence-corrected chi connectivity index (χ2v) is 6.35. The number of hydrogen-bond acceptors (Lipinski definition) is 4. The molecule has 0 aliphatic rings. The largest absolute Gasteiger partial charge is 0.493 e. The predicted octanol–water partition coefficient (Wildman–Crippen LogP) is 4.18. The van der Waals surface area contributed by atoms with Crippen LogP contribution in [0.1, 0.15) is 26.3 Å². The summed E-state index contributed by atoms with van der Waals surface area (Å²) in [6, 6.07) is 9.14. The van der Waals surface area contributed by atoms with Crippen molar-refractivity contribution in [3.63, 3.8) is 0 Å². The van der Waals surface area contributed by atoms with E-state index in [0.717, 1.165) is 5.56 Å². The van der Waals surface area contributed by atoms with E-state index in [2.05, 4.69) is 10.3 Å². The van der Waals surface area contributed by atoms with Crippen molar-refractivity contribution in [3.8, 4) is 17.4 Å². The van der Waals surface area contributed by atoms with Crippen LogP contribution >= 0.6 is 0 Å². The van der Waals surface area contributed by atoms with Gasteiger partial charge < -0.3 is 14.8 Å². The fraction of sp³-hybridized carbons (Fsp3) is 0.333. The van der Waals surface area contributed by atoms with Crippen LogP contribution < -0.4 is 14.8 Å². The van der Waals surface area contributed by atoms with Crippen LogP contribution in [0.25, 0.3) is 0 Å². The topological polar surface area (TPSA) is 60.5 Å². The smallest absolute Gasteiger partial charge is 0.229 e. The van der Waals surface area contributed by atoms with E-state index in [1.807, 2.05) is 45.9 Å². The second kappa shape index (κ2) is 6.69. The summed E-state index contributed by atoms with van der Waals surface area (Å²) in [6.07, 6.45) is 1.57. The summed E-state index contributed by atoms with van der Waals surface area (Å²) in [5.74, 6) is 1.61. The second-order valence-electron chi connectivity index (χ2n) is 6.35. The van der Waals surface area contributed by atoms with Crippen molar-refractivity contribution < 1.29 is 14.3 Å². The fourth-order valence-electron chi connectivity index (χ4n) is 1.80. The van der Waals surface area contributed by atoms with Crippen molar-refractivity contribution in [1.29, 1.82) is 0 Å². The first-order chi connectivity index (χ1) is 10.8. The molecule has 0 aliphatic carbocycles. The predicted molar refractivity (Wildman–Crippen MR) is 90.1 cm³/mol. The standard InChI is InChI=1S/C18H22N2O3/c1-12-6-8-14(15(10-12)22-5)23-16-9-7-13(11-19-16)20-17(21)18(2,3)4/h6-11H,1-5H3,(H,20,21). The Kier molecular flexibility index (Phi) is 4.89. The van der Waals surface area contributed by atoms with E-state index >= 15 is 0 Å². The van der Waals surface area contributed by atoms with E-state index < -0.39 is 5.41 Å². The molecule has 5 heteroatoms. The molecule has 0 aliphatic heterocycles. The lowest BCUT2D eigenvalue weighted by molar-refractivity contribution is -0.123. The van der Waals surface area contributed by atoms with Crippen LogP contribution in [0.4, 0.5) is 5.69 Å². The molecule has 23 heavy (non-hydrogen) atoms. The van der Waals surface area contributed by atoms with Crippen LogP contribution in [-0.2, 0) is 4.79 Å². The maximum atomic E-state index is 11.9. The molecule has 2 rings (SSSR count). The normalized spacial score (nSPS) is 11.0. The van der Waals surface area contributed by atoms with Gasteiger partial charge in [-0.2, -0.15) is 0 Å². The number of aryl methyl sites for hydroxylation is 1. The zero-order valence-corrected chi connectivity index (χ0v) is 14.1. The number of aromatic nitrogens is 1. The van der Waals surface area contributed by atoms with Gasteiger partial charge in [0.15, 0.2) is 11.5 Å². The Balaban J connectivity index is 2.10. The first kappa shape index (κ1) is 16.8. The van der Waals surface area contributed by atoms with E-state index in [1.165, 1.54) is 0 Å². The van der Waals surface area contributed by atoms with Crippen LogP contribution in [0.15, 0.2) is 36.5 Å². The molecular formula is C18H22N2O3. The van der Waals surface area contributed by atoms with Gasteiger partial charge in [0.2, 0.25) is 11.8 Å². The van der Waals surface area contributed by atoms with E-state index in [4.69, 9.17) is 9.47 Å². The first-order valence-corrected chi connectivity index (χ1v) is 7.39. The van der Waals surface area contributed by atoms with Crippen molar-refractivity contribution in [3.05, 3.63) is 42.1 Å². The lowest BCUT2D eigenvalue weighted by atomic mass is 9.96. The van der Waals surface area contributed by atoms with Crippen molar-refractivity contribution >= 4 is 11.6 Å². The molecule has 122 valence electrons. The van der Waals surface area contributed by atoms with Gasteiger partial charge in [-0.15, -0.1) is 0 Å². The molecule has 0 radical (unpaired) electrons. The summed E-state index contributed by atoms with van der Waals surface area (Å²) >= 11 is 0. The molecule has 0 saturated heterocycles. The van der Waals surface area contributed by atoms with Gasteiger partial charge in [0.05, 0.1) is 19.0 Å². The molecule has 0 bridgehead atoms. The molecule has 1 heterocycles. The van der Waals surface area contributed by atoms with Gasteiger partial charge in [0, 0.05) is 11.5 Å². The van der Waals surface area contributed by atoms with E-state index in [0.29, 0.717) is 23.1 Å². The molecule has 1 N–H and O–H groups in total. The molecule has 1 amide bonds. The van der Waals surface area contributed by atoms with Gasteiger partial charge in [-0.05, 0) is 30.7 Å². The Hall–Kier alpha value is -2.56. The average molecular weight is 314 g/mol. The molecule has 1 aromatic heterocycles. The van der Waals surface area contributed by atoms with Crippen LogP contribution in [-0.4, -0.2) is 18.0 Å². The maximum Gasteiger partial charge on any atom is 0.229 e. The summed E-state index contributed by atoms with van der Waals surface area (Å²) in [4.78, 5) is 16.2. The van der Waals surface area contributed by atoms with Crippen LogP contribution in [0.5, 0.6) is 17.4 Å². The summed E-state index contributed by atoms with van der Waals surface area (Å²) in [5, 5.41) is 2.82. The highest BCUT2D eigenvalue weighted by Gasteiger charge is 2.21. The average Bonchev–Trinajstić information content (AvgIpc) is 2.50. The van der Waals surface area contributed by atoms with E-state index in [1.54, 1.807) is 25.4 Å². The Bertz CT molecular complexity index is 688. The highest BCUT2D eigenvalue weighted by Crippen LogP contribution is 2.31. The number of nitrogens with one attached hydrogen (secondary N) is 1. The lowest BCUT2D eigenvalue weighted by Gasteiger charge is -2.17. The van der Waals surface area contributed by atoms with Gasteiger partial charge in [-0.25, -0.2) is 4.98 Å². The molecule has 2 aromatic rings. The Morgan fingerprint density at radius 2 is 1.87 bits per heavy atom. The summed E-state index contributed by atoms with van der Waals surface area (Å²) in [7, 11) is 1.60. The quantitative estimate of drug-likeness (QED) is 0.920. The molecule has 0 atom stereocenters. The SMILES string of the molecule is COc1cc(C)ccc1Oc1ccc(NC(=O)C(C)(C)C)cn1. The number of pyridine rings is 1. The zero-order valence-electron chi connectivity index (χ0n) is 14.1. The Morgan fingerprint density at radius 1 is 1.13 bits per heavy atom. The van der Waals surface area contributed by atoms with Gasteiger partial charge >= 0.3 is 0 Å². The van der Waals surface area contributed by atoms with Crippen LogP contribution in [0.2, 0.25) is 0 Å². The number of anilines is 1. The minimum absolute atomic E-state index is 0.0619. The van der Waals surface area contributed by atoms with Crippen LogP contribution in [0.3, 0.4) is 0 Å². The number of carbonyl (C=O) groups is 1. The monoisotopic (exact) mass is 314 g/mol. The molecule has 0 spiro atoms. The van der Waals surface area contributed by atoms with E-state index in [-0.39, 0.29) is 5.91 Å². The zero-order chi connectivity index (χ0) is 17.0. The number of hydrogen-bond donors (Lipinski definition) is 1. The molecule has 5 nitrogen and oxygen atoms in total. The minimum Gasteiger partial charge on any atom is -0.493 e. The number of nitrogens with zero attached hydrogens (tertiary/aromatic N) is 1. The summed E-state index contributed by atoms with van der Waals surface area (Å²) in [6.45, 7) is 7.56. The van der Waals surface area contributed by atoms with Crippen molar-refractivity contribution in [2.45, 2.75) is 27.7 Å². The van der Waals surface area contributed by atoms with Crippen LogP contribution in [0, 0.1) is 12.3 Å². The highest BCUT2D eigenvalue weighted by atomic mass is 16.5. The Morgan fingerprint density at radius 3 is 2.43 bits per heavy atom. The number of carbonyl (C=O) groups excluding carboxylic acids is 1. The molecule has 0 unspecified atom stereocenters. The fourth-order valence-corrected chi connectivity index (χ4v) is 1.80. The summed E-state index contributed by atoms with van der Waals surface area (Å²) < 4.78 is 11.0. The van der Waals surface area contributed by atoms with Crippen molar-refractivity contribution in [2.75, 3.05) is 12.4 Å².